The third kappa shape index (κ3) is 4.73. The maximum absolute atomic E-state index is 10.0. The minimum atomic E-state index is -0.191. The van der Waals surface area contributed by atoms with Gasteiger partial charge in [0.1, 0.15) is 11.3 Å². The number of pyridine rings is 1. The number of carbonyl (C=O) groups is 1. The Hall–Kier alpha value is -3.53. The van der Waals surface area contributed by atoms with Gasteiger partial charge in [0, 0.05) is 42.5 Å². The maximum atomic E-state index is 10.0. The van der Waals surface area contributed by atoms with Gasteiger partial charge in [-0.2, -0.15) is 0 Å². The molecule has 2 heterocycles. The van der Waals surface area contributed by atoms with Crippen molar-refractivity contribution in [1.82, 2.24) is 4.98 Å². The molecule has 0 amide bonds. The van der Waals surface area contributed by atoms with E-state index in [1.807, 2.05) is 12.1 Å². The van der Waals surface area contributed by atoms with Crippen LogP contribution in [-0.2, 0) is 30.3 Å². The second-order valence-electron chi connectivity index (χ2n) is 10.3. The van der Waals surface area contributed by atoms with Crippen molar-refractivity contribution in [1.29, 1.82) is 0 Å². The van der Waals surface area contributed by atoms with E-state index >= 15 is 0 Å². The Balaban J connectivity index is 0.000000375. The number of aliphatic hydroxyl groups excluding tert-OH is 1. The van der Waals surface area contributed by atoms with Crippen LogP contribution in [0.2, 0.25) is 0 Å². The van der Waals surface area contributed by atoms with Crippen molar-refractivity contribution in [2.24, 2.45) is 0 Å². The summed E-state index contributed by atoms with van der Waals surface area (Å²) in [5.41, 5.74) is 9.99. The fourth-order valence-electron chi connectivity index (χ4n) is 5.55. The molecule has 1 N–H and O–H groups in total. The first-order chi connectivity index (χ1) is 17.6. The summed E-state index contributed by atoms with van der Waals surface area (Å²) in [5.74, 6) is 0.923. The summed E-state index contributed by atoms with van der Waals surface area (Å²) in [6, 6.07) is 24.7. The Kier molecular flexibility index (Phi) is 7.47. The Morgan fingerprint density at radius 3 is 2.42 bits per heavy atom. The molecular weight excluding hydrogens is 651 g/mol. The van der Waals surface area contributed by atoms with E-state index in [0.717, 1.165) is 33.7 Å². The van der Waals surface area contributed by atoms with Crippen molar-refractivity contribution in [2.75, 3.05) is 0 Å². The Morgan fingerprint density at radius 2 is 1.74 bits per heavy atom. The molecule has 0 spiro atoms. The van der Waals surface area contributed by atoms with Gasteiger partial charge in [-0.15, -0.1) is 29.3 Å². The first-order valence-corrected chi connectivity index (χ1v) is 12.4. The molecule has 0 aliphatic heterocycles. The molecule has 5 heteroatoms. The van der Waals surface area contributed by atoms with Crippen LogP contribution < -0.4 is 0 Å². The summed E-state index contributed by atoms with van der Waals surface area (Å²) < 4.78 is 6.33. The van der Waals surface area contributed by atoms with Gasteiger partial charge in [0.05, 0.1) is 11.3 Å². The number of ketones is 1. The molecule has 0 saturated heterocycles. The second kappa shape index (κ2) is 10.3. The number of para-hydroxylation sites is 1. The van der Waals surface area contributed by atoms with Gasteiger partial charge < -0.3 is 9.52 Å². The van der Waals surface area contributed by atoms with E-state index in [9.17, 15) is 4.79 Å². The normalized spacial score (nSPS) is 13.4. The van der Waals surface area contributed by atoms with Gasteiger partial charge >= 0.3 is 0 Å². The average Bonchev–Trinajstić information content (AvgIpc) is 3.32. The standard InChI is InChI=1S/C28H22NO.C5H8O2.Ir/c1-16-14-17(2)18-12-13-22(29-23(18)15-16)19-9-7-10-21-25(19)28(3,4)26-20-8-5-6-11-24(20)30-27(21)26;1-4(6)3-5(2)7;/h5-8,10-15H,1-4H3;3,6H,1-2H3;/q-1;;/b;4-3-;. The molecule has 3 aromatic carbocycles. The van der Waals surface area contributed by atoms with Crippen LogP contribution in [0.3, 0.4) is 0 Å². The van der Waals surface area contributed by atoms with E-state index in [2.05, 4.69) is 82.3 Å². The number of fused-ring (bicyclic) bond motifs is 6. The maximum Gasteiger partial charge on any atom is 0.155 e. The van der Waals surface area contributed by atoms with Gasteiger partial charge in [-0.05, 0) is 62.1 Å². The number of carbonyl (C=O) groups excluding carboxylic acids is 1. The van der Waals surface area contributed by atoms with E-state index in [-0.39, 0.29) is 37.1 Å². The molecule has 0 atom stereocenters. The predicted octanol–water partition coefficient (Wildman–Crippen LogP) is 8.41. The molecule has 6 rings (SSSR count). The van der Waals surface area contributed by atoms with Gasteiger partial charge in [0.2, 0.25) is 0 Å². The van der Waals surface area contributed by atoms with Crippen LogP contribution >= 0.6 is 0 Å². The van der Waals surface area contributed by atoms with Crippen molar-refractivity contribution in [2.45, 2.75) is 47.0 Å². The van der Waals surface area contributed by atoms with E-state index in [1.54, 1.807) is 0 Å². The quantitative estimate of drug-likeness (QED) is 0.116. The summed E-state index contributed by atoms with van der Waals surface area (Å²) in [7, 11) is 0. The summed E-state index contributed by atoms with van der Waals surface area (Å²) in [6.45, 7) is 11.7. The number of aromatic nitrogens is 1. The molecule has 1 radical (unpaired) electrons. The topological polar surface area (TPSA) is 63.3 Å². The molecule has 5 aromatic rings. The van der Waals surface area contributed by atoms with E-state index in [1.165, 1.54) is 52.9 Å². The Labute approximate surface area is 236 Å². The minimum absolute atomic E-state index is 0. The minimum Gasteiger partial charge on any atom is -0.512 e. The van der Waals surface area contributed by atoms with Crippen molar-refractivity contribution >= 4 is 27.7 Å². The van der Waals surface area contributed by atoms with Crippen LogP contribution in [0, 0.1) is 19.9 Å². The monoisotopic (exact) mass is 681 g/mol. The third-order valence-corrected chi connectivity index (χ3v) is 6.91. The molecule has 38 heavy (non-hydrogen) atoms. The zero-order chi connectivity index (χ0) is 26.5. The first kappa shape index (κ1) is 27.5. The molecule has 1 aliphatic rings. The van der Waals surface area contributed by atoms with Gasteiger partial charge in [-0.25, -0.2) is 0 Å². The molecule has 195 valence electrons. The second-order valence-corrected chi connectivity index (χ2v) is 10.3. The summed E-state index contributed by atoms with van der Waals surface area (Å²) in [5, 5.41) is 10.8. The van der Waals surface area contributed by atoms with Gasteiger partial charge in [-0.3, -0.25) is 9.78 Å². The van der Waals surface area contributed by atoms with Gasteiger partial charge in [0.15, 0.2) is 5.78 Å². The van der Waals surface area contributed by atoms with Gasteiger partial charge in [0.25, 0.3) is 0 Å². The molecule has 2 aromatic heterocycles. The van der Waals surface area contributed by atoms with E-state index < -0.39 is 0 Å². The number of aliphatic hydroxyl groups is 1. The van der Waals surface area contributed by atoms with E-state index in [0.29, 0.717) is 0 Å². The zero-order valence-corrected chi connectivity index (χ0v) is 24.8. The van der Waals surface area contributed by atoms with Crippen molar-refractivity contribution in [3.05, 3.63) is 101 Å². The van der Waals surface area contributed by atoms with Crippen LogP contribution in [0.1, 0.15) is 49.9 Å². The van der Waals surface area contributed by atoms with Gasteiger partial charge in [-0.1, -0.05) is 55.8 Å². The number of benzene rings is 3. The van der Waals surface area contributed by atoms with Crippen molar-refractivity contribution in [3.63, 3.8) is 0 Å². The smallest absolute Gasteiger partial charge is 0.155 e. The van der Waals surface area contributed by atoms with Crippen molar-refractivity contribution < 1.29 is 34.4 Å². The van der Waals surface area contributed by atoms with Crippen LogP contribution in [-0.4, -0.2) is 15.9 Å². The van der Waals surface area contributed by atoms with Crippen LogP contribution in [0.5, 0.6) is 0 Å². The number of rotatable bonds is 2. The van der Waals surface area contributed by atoms with Crippen LogP contribution in [0.25, 0.3) is 44.5 Å². The number of hydrogen-bond acceptors (Lipinski definition) is 4. The number of nitrogens with zero attached hydrogens (tertiary/aromatic N) is 1. The summed E-state index contributed by atoms with van der Waals surface area (Å²) in [6.07, 6.45) is 1.17. The number of furan rings is 1. The average molecular weight is 681 g/mol. The predicted molar refractivity (Wildman–Crippen MR) is 150 cm³/mol. The van der Waals surface area contributed by atoms with Crippen molar-refractivity contribution in [3.8, 4) is 22.6 Å². The summed E-state index contributed by atoms with van der Waals surface area (Å²) >= 11 is 0. The molecule has 4 nitrogen and oxygen atoms in total. The SMILES string of the molecule is CC(=O)/C=C(/C)O.Cc1cc(C)c2ccc(-c3[c-]ccc4c3C(C)(C)c3c-4oc4ccccc34)nc2c1.[Ir]. The molecule has 0 fully saturated rings. The molecule has 0 saturated carbocycles. The van der Waals surface area contributed by atoms with Crippen LogP contribution in [0.15, 0.2) is 76.9 Å². The molecule has 1 aliphatic carbocycles. The van der Waals surface area contributed by atoms with Crippen LogP contribution in [0.4, 0.5) is 0 Å². The molecular formula is C33H30IrNO3-. The third-order valence-electron chi connectivity index (χ3n) is 6.91. The number of hydrogen-bond donors (Lipinski definition) is 1. The molecule has 0 bridgehead atoms. The van der Waals surface area contributed by atoms with E-state index in [4.69, 9.17) is 14.5 Å². The number of allylic oxidation sites excluding steroid dienone is 2. The summed E-state index contributed by atoms with van der Waals surface area (Å²) in [4.78, 5) is 15.1. The first-order valence-electron chi connectivity index (χ1n) is 12.4. The number of aryl methyl sites for hydroxylation is 2. The largest absolute Gasteiger partial charge is 0.512 e. The Morgan fingerprint density at radius 1 is 1.00 bits per heavy atom. The Bertz CT molecular complexity index is 1720. The zero-order valence-electron chi connectivity index (χ0n) is 22.4. The fourth-order valence-corrected chi connectivity index (χ4v) is 5.55. The fraction of sp³-hybridized carbons (Fsp3) is 0.212. The molecule has 0 unspecified atom stereocenters.